The van der Waals surface area contributed by atoms with Crippen molar-refractivity contribution >= 4 is 40.3 Å². The Kier molecular flexibility index (Phi) is 6.45. The number of nitrogens with one attached hydrogen (secondary N) is 1. The normalized spacial score (nSPS) is 29.0. The van der Waals surface area contributed by atoms with E-state index in [2.05, 4.69) is 27.5 Å². The van der Waals surface area contributed by atoms with Crippen LogP contribution in [0.5, 0.6) is 0 Å². The first kappa shape index (κ1) is 22.8. The number of aliphatic hydroxyl groups excluding tert-OH is 3. The van der Waals surface area contributed by atoms with Crippen molar-refractivity contribution in [3.63, 3.8) is 0 Å². The summed E-state index contributed by atoms with van der Waals surface area (Å²) in [5, 5.41) is 43.9. The SMILES string of the molecule is CCCSc1nc(NC2CC2c2ccccc2Cl)c2nnn([C@@H]3C[C@H](CO)[C@@H](O)[C@H]3O)c2n1. The van der Waals surface area contributed by atoms with Crippen LogP contribution in [0.3, 0.4) is 0 Å². The van der Waals surface area contributed by atoms with Gasteiger partial charge in [0, 0.05) is 35.3 Å². The Bertz CT molecular complexity index is 1150. The summed E-state index contributed by atoms with van der Waals surface area (Å²) in [7, 11) is 0. The number of rotatable bonds is 8. The van der Waals surface area contributed by atoms with Gasteiger partial charge in [0.05, 0.1) is 12.1 Å². The van der Waals surface area contributed by atoms with Crippen molar-refractivity contribution in [2.45, 2.75) is 61.6 Å². The predicted octanol–water partition coefficient (Wildman–Crippen LogP) is 2.62. The standard InChI is InChI=1S/C22H27ClN6O3S/c1-2-7-33-22-25-20(24-15-9-13(15)12-5-3-4-6-14(12)23)17-21(26-22)29(28-27-17)16-8-11(10-30)18(31)19(16)32/h3-6,11,13,15-16,18-19,30-32H,2,7-10H2,1H3,(H,24,25,26)/t11-,13?,15?,16-,18-,19+/m1/s1. The number of fused-ring (bicyclic) bond motifs is 1. The summed E-state index contributed by atoms with van der Waals surface area (Å²) >= 11 is 7.94. The molecule has 3 aromatic rings. The molecule has 2 saturated carbocycles. The van der Waals surface area contributed by atoms with Crippen LogP contribution >= 0.6 is 23.4 Å². The van der Waals surface area contributed by atoms with Gasteiger partial charge >= 0.3 is 0 Å². The monoisotopic (exact) mass is 490 g/mol. The molecular weight excluding hydrogens is 464 g/mol. The summed E-state index contributed by atoms with van der Waals surface area (Å²) in [4.78, 5) is 9.39. The smallest absolute Gasteiger partial charge is 0.191 e. The zero-order valence-corrected chi connectivity index (χ0v) is 19.7. The summed E-state index contributed by atoms with van der Waals surface area (Å²) in [6.45, 7) is 1.89. The average molecular weight is 491 g/mol. The summed E-state index contributed by atoms with van der Waals surface area (Å²) < 4.78 is 1.57. The molecule has 2 aliphatic carbocycles. The summed E-state index contributed by atoms with van der Waals surface area (Å²) in [6.07, 6.45) is 0.231. The Morgan fingerprint density at radius 1 is 1.18 bits per heavy atom. The lowest BCUT2D eigenvalue weighted by Crippen LogP contribution is -2.30. The molecule has 176 valence electrons. The molecule has 6 atom stereocenters. The minimum atomic E-state index is -1.06. The molecule has 0 aliphatic heterocycles. The van der Waals surface area contributed by atoms with Gasteiger partial charge in [-0.1, -0.05) is 53.7 Å². The van der Waals surface area contributed by atoms with Crippen LogP contribution < -0.4 is 5.32 Å². The molecule has 11 heteroatoms. The van der Waals surface area contributed by atoms with E-state index in [1.807, 2.05) is 24.3 Å². The zero-order chi connectivity index (χ0) is 23.1. The van der Waals surface area contributed by atoms with Gasteiger partial charge in [-0.15, -0.1) is 5.10 Å². The minimum Gasteiger partial charge on any atom is -0.396 e. The third-order valence-electron chi connectivity index (χ3n) is 6.48. The van der Waals surface area contributed by atoms with Crippen LogP contribution in [0.1, 0.15) is 43.7 Å². The van der Waals surface area contributed by atoms with E-state index in [-0.39, 0.29) is 12.6 Å². The molecule has 0 spiro atoms. The molecule has 2 aliphatic rings. The Balaban J connectivity index is 1.47. The molecule has 5 rings (SSSR count). The van der Waals surface area contributed by atoms with Gasteiger partial charge in [-0.3, -0.25) is 0 Å². The van der Waals surface area contributed by atoms with Gasteiger partial charge in [0.2, 0.25) is 0 Å². The van der Waals surface area contributed by atoms with Crippen molar-refractivity contribution in [2.75, 3.05) is 17.7 Å². The molecule has 2 aromatic heterocycles. The van der Waals surface area contributed by atoms with E-state index in [0.717, 1.165) is 29.2 Å². The first-order valence-corrected chi connectivity index (χ1v) is 12.6. The lowest BCUT2D eigenvalue weighted by atomic mass is 10.1. The van der Waals surface area contributed by atoms with Gasteiger partial charge in [-0.2, -0.15) is 0 Å². The van der Waals surface area contributed by atoms with Crippen LogP contribution in [-0.4, -0.2) is 70.9 Å². The van der Waals surface area contributed by atoms with E-state index in [0.29, 0.717) is 34.5 Å². The highest BCUT2D eigenvalue weighted by Gasteiger charge is 2.44. The van der Waals surface area contributed by atoms with E-state index in [4.69, 9.17) is 16.6 Å². The Morgan fingerprint density at radius 2 is 2.00 bits per heavy atom. The van der Waals surface area contributed by atoms with Gasteiger partial charge in [-0.05, 0) is 30.9 Å². The zero-order valence-electron chi connectivity index (χ0n) is 18.2. The number of halogens is 1. The van der Waals surface area contributed by atoms with Crippen molar-refractivity contribution in [3.8, 4) is 0 Å². The lowest BCUT2D eigenvalue weighted by molar-refractivity contribution is -0.00512. The van der Waals surface area contributed by atoms with Crippen LogP contribution in [0, 0.1) is 5.92 Å². The Labute approximate surface area is 200 Å². The molecule has 0 amide bonds. The van der Waals surface area contributed by atoms with E-state index in [1.165, 1.54) is 0 Å². The fraction of sp³-hybridized carbons (Fsp3) is 0.545. The second-order valence-corrected chi connectivity index (χ2v) is 10.2. The topological polar surface area (TPSA) is 129 Å². The maximum Gasteiger partial charge on any atom is 0.191 e. The van der Waals surface area contributed by atoms with Crippen molar-refractivity contribution < 1.29 is 15.3 Å². The third-order valence-corrected chi connectivity index (χ3v) is 7.87. The van der Waals surface area contributed by atoms with Crippen molar-refractivity contribution in [2.24, 2.45) is 5.92 Å². The second-order valence-electron chi connectivity index (χ2n) is 8.75. The molecule has 0 radical (unpaired) electrons. The molecule has 0 saturated heterocycles. The highest BCUT2D eigenvalue weighted by molar-refractivity contribution is 7.99. The minimum absolute atomic E-state index is 0.176. The van der Waals surface area contributed by atoms with Crippen LogP contribution in [0.15, 0.2) is 29.4 Å². The van der Waals surface area contributed by atoms with Gasteiger partial charge in [-0.25, -0.2) is 14.6 Å². The number of benzene rings is 1. The number of thioether (sulfide) groups is 1. The Hall–Kier alpha value is -1.98. The first-order chi connectivity index (χ1) is 16.0. The number of anilines is 1. The molecular formula is C22H27ClN6O3S. The number of aliphatic hydroxyl groups is 3. The number of hydrogen-bond acceptors (Lipinski definition) is 9. The number of hydrogen-bond donors (Lipinski definition) is 4. The van der Waals surface area contributed by atoms with Crippen molar-refractivity contribution in [3.05, 3.63) is 34.9 Å². The summed E-state index contributed by atoms with van der Waals surface area (Å²) in [5.41, 5.74) is 2.15. The molecule has 33 heavy (non-hydrogen) atoms. The van der Waals surface area contributed by atoms with Gasteiger partial charge in [0.15, 0.2) is 22.1 Å². The van der Waals surface area contributed by atoms with Gasteiger partial charge in [0.25, 0.3) is 0 Å². The first-order valence-electron chi connectivity index (χ1n) is 11.3. The molecule has 4 N–H and O–H groups in total. The average Bonchev–Trinajstić information content (AvgIpc) is 3.34. The van der Waals surface area contributed by atoms with Crippen LogP contribution in [-0.2, 0) is 0 Å². The van der Waals surface area contributed by atoms with E-state index in [9.17, 15) is 15.3 Å². The van der Waals surface area contributed by atoms with Gasteiger partial charge < -0.3 is 20.6 Å². The van der Waals surface area contributed by atoms with E-state index >= 15 is 0 Å². The van der Waals surface area contributed by atoms with Crippen molar-refractivity contribution in [1.29, 1.82) is 0 Å². The van der Waals surface area contributed by atoms with Crippen LogP contribution in [0.25, 0.3) is 11.2 Å². The molecule has 2 unspecified atom stereocenters. The predicted molar refractivity (Wildman–Crippen MR) is 127 cm³/mol. The highest BCUT2D eigenvalue weighted by Crippen LogP contribution is 2.46. The molecule has 0 bridgehead atoms. The molecule has 1 aromatic carbocycles. The Morgan fingerprint density at radius 3 is 2.73 bits per heavy atom. The number of aromatic nitrogens is 5. The fourth-order valence-electron chi connectivity index (χ4n) is 4.56. The quantitative estimate of drug-likeness (QED) is 0.278. The van der Waals surface area contributed by atoms with Crippen LogP contribution in [0.2, 0.25) is 5.02 Å². The largest absolute Gasteiger partial charge is 0.396 e. The second kappa shape index (κ2) is 9.34. The summed E-state index contributed by atoms with van der Waals surface area (Å²) in [6, 6.07) is 7.52. The van der Waals surface area contributed by atoms with Crippen LogP contribution in [0.4, 0.5) is 5.82 Å². The van der Waals surface area contributed by atoms with E-state index in [1.54, 1.807) is 16.4 Å². The van der Waals surface area contributed by atoms with Gasteiger partial charge in [0.1, 0.15) is 6.10 Å². The maximum absolute atomic E-state index is 10.6. The maximum atomic E-state index is 10.6. The molecule has 9 nitrogen and oxygen atoms in total. The number of nitrogens with zero attached hydrogens (tertiary/aromatic N) is 5. The summed E-state index contributed by atoms with van der Waals surface area (Å²) in [5.74, 6) is 1.36. The molecule has 2 heterocycles. The van der Waals surface area contributed by atoms with E-state index < -0.39 is 24.2 Å². The highest BCUT2D eigenvalue weighted by atomic mass is 35.5. The fourth-order valence-corrected chi connectivity index (χ4v) is 5.53. The third kappa shape index (κ3) is 4.30. The van der Waals surface area contributed by atoms with Crippen molar-refractivity contribution in [1.82, 2.24) is 25.0 Å². The lowest BCUT2D eigenvalue weighted by Gasteiger charge is -2.17. The molecule has 2 fully saturated rings.